The minimum absolute atomic E-state index is 0.0292. The van der Waals surface area contributed by atoms with Crippen LogP contribution in [0.3, 0.4) is 0 Å². The van der Waals surface area contributed by atoms with Crippen molar-refractivity contribution in [1.82, 2.24) is 20.5 Å². The van der Waals surface area contributed by atoms with E-state index < -0.39 is 0 Å². The lowest BCUT2D eigenvalue weighted by molar-refractivity contribution is -0.129. The van der Waals surface area contributed by atoms with Crippen molar-refractivity contribution < 1.29 is 14.4 Å². The maximum absolute atomic E-state index is 12.6. The van der Waals surface area contributed by atoms with Crippen LogP contribution < -0.4 is 16.4 Å². The van der Waals surface area contributed by atoms with Crippen LogP contribution in [-0.4, -0.2) is 65.0 Å². The second-order valence-electron chi connectivity index (χ2n) is 7.71. The lowest BCUT2D eigenvalue weighted by Crippen LogP contribution is -2.46. The van der Waals surface area contributed by atoms with Crippen molar-refractivity contribution in [3.05, 3.63) is 64.9 Å². The third kappa shape index (κ3) is 7.31. The Hall–Kier alpha value is -3.40. The molecule has 4 N–H and O–H groups in total. The molecular formula is C23H28N6O3S. The fourth-order valence-corrected chi connectivity index (χ4v) is 4.08. The lowest BCUT2D eigenvalue weighted by atomic mass is 10.0. The van der Waals surface area contributed by atoms with E-state index in [-0.39, 0.29) is 41.7 Å². The number of hydrogen-bond donors (Lipinski definition) is 3. The van der Waals surface area contributed by atoms with Crippen LogP contribution in [0.5, 0.6) is 0 Å². The molecule has 0 unspecified atom stereocenters. The summed E-state index contributed by atoms with van der Waals surface area (Å²) in [7, 11) is 0. The van der Waals surface area contributed by atoms with E-state index in [2.05, 4.69) is 27.2 Å². The van der Waals surface area contributed by atoms with Gasteiger partial charge in [0.05, 0.1) is 6.54 Å². The first-order valence-corrected chi connectivity index (χ1v) is 11.5. The maximum atomic E-state index is 12.6. The SMILES string of the molecule is C=C1/C=C(CNC(=O)c2cccc(C(=O)NC3CCN(C(C)=O)CC3)n2)\C=C/CN=C(N)S1. The van der Waals surface area contributed by atoms with Crippen molar-refractivity contribution in [2.45, 2.75) is 25.8 Å². The summed E-state index contributed by atoms with van der Waals surface area (Å²) in [6.45, 7) is 7.43. The molecule has 1 aromatic heterocycles. The Balaban J connectivity index is 1.57. The van der Waals surface area contributed by atoms with Crippen molar-refractivity contribution >= 4 is 34.7 Å². The van der Waals surface area contributed by atoms with E-state index in [1.54, 1.807) is 30.0 Å². The van der Waals surface area contributed by atoms with Crippen LogP contribution in [0.4, 0.5) is 0 Å². The Kier molecular flexibility index (Phi) is 8.42. The molecule has 0 spiro atoms. The van der Waals surface area contributed by atoms with E-state index in [4.69, 9.17) is 5.73 Å². The molecule has 2 aliphatic heterocycles. The number of nitrogens with one attached hydrogen (secondary N) is 2. The molecular weight excluding hydrogens is 440 g/mol. The summed E-state index contributed by atoms with van der Waals surface area (Å²) in [5, 5.41) is 6.21. The van der Waals surface area contributed by atoms with Crippen LogP contribution in [-0.2, 0) is 4.79 Å². The molecule has 0 bridgehead atoms. The molecule has 1 aromatic rings. The van der Waals surface area contributed by atoms with Crippen LogP contribution in [0.2, 0.25) is 0 Å². The van der Waals surface area contributed by atoms with Gasteiger partial charge in [-0.2, -0.15) is 0 Å². The maximum Gasteiger partial charge on any atom is 0.270 e. The molecule has 3 heterocycles. The van der Waals surface area contributed by atoms with E-state index in [9.17, 15) is 14.4 Å². The van der Waals surface area contributed by atoms with Gasteiger partial charge >= 0.3 is 0 Å². The van der Waals surface area contributed by atoms with Gasteiger partial charge in [0.2, 0.25) is 5.91 Å². The minimum Gasteiger partial charge on any atom is -0.378 e. The predicted octanol–water partition coefficient (Wildman–Crippen LogP) is 1.61. The van der Waals surface area contributed by atoms with Gasteiger partial charge in [0.25, 0.3) is 11.8 Å². The zero-order valence-electron chi connectivity index (χ0n) is 18.5. The zero-order valence-corrected chi connectivity index (χ0v) is 19.4. The molecule has 33 heavy (non-hydrogen) atoms. The Labute approximate surface area is 197 Å². The number of likely N-dealkylation sites (tertiary alicyclic amines) is 1. The number of thioether (sulfide) groups is 1. The molecule has 10 heteroatoms. The number of nitrogens with zero attached hydrogens (tertiary/aromatic N) is 3. The fourth-order valence-electron chi connectivity index (χ4n) is 3.47. The van der Waals surface area contributed by atoms with Gasteiger partial charge in [-0.3, -0.25) is 19.4 Å². The number of allylic oxidation sites excluding steroid dienone is 1. The molecule has 3 amide bonds. The Morgan fingerprint density at radius 1 is 1.21 bits per heavy atom. The quantitative estimate of drug-likeness (QED) is 0.602. The standard InChI is InChI=1S/C23H28N6O3S/c1-15-13-17(5-4-10-25-23(24)33-15)14-26-21(31)19-6-3-7-20(28-19)22(32)27-18-8-11-29(12-9-18)16(2)30/h3-7,13,18H,1,8-12,14H2,2H3,(H2,24,25)(H,26,31)(H,27,32)/b5-4-,17-13+. The van der Waals surface area contributed by atoms with Crippen LogP contribution in [0.15, 0.2) is 58.5 Å². The molecule has 1 fully saturated rings. The molecule has 3 rings (SSSR count). The number of piperidine rings is 1. The molecule has 0 radical (unpaired) electrons. The summed E-state index contributed by atoms with van der Waals surface area (Å²) in [5.41, 5.74) is 6.96. The average molecular weight is 469 g/mol. The second kappa shape index (κ2) is 11.5. The summed E-state index contributed by atoms with van der Waals surface area (Å²) < 4.78 is 0. The first kappa shape index (κ1) is 24.2. The van der Waals surface area contributed by atoms with Crippen molar-refractivity contribution in [2.75, 3.05) is 26.2 Å². The van der Waals surface area contributed by atoms with Crippen LogP contribution in [0.25, 0.3) is 0 Å². The summed E-state index contributed by atoms with van der Waals surface area (Å²) in [6, 6.07) is 4.74. The van der Waals surface area contributed by atoms with E-state index in [1.807, 2.05) is 18.2 Å². The first-order chi connectivity index (χ1) is 15.8. The zero-order chi connectivity index (χ0) is 23.8. The van der Waals surface area contributed by atoms with E-state index >= 15 is 0 Å². The van der Waals surface area contributed by atoms with E-state index in [1.165, 1.54) is 11.8 Å². The van der Waals surface area contributed by atoms with Crippen molar-refractivity contribution in [3.8, 4) is 0 Å². The Morgan fingerprint density at radius 2 is 1.91 bits per heavy atom. The van der Waals surface area contributed by atoms with Crippen molar-refractivity contribution in [3.63, 3.8) is 0 Å². The van der Waals surface area contributed by atoms with E-state index in [0.717, 1.165) is 10.5 Å². The molecule has 2 aliphatic rings. The Morgan fingerprint density at radius 3 is 2.61 bits per heavy atom. The highest BCUT2D eigenvalue weighted by atomic mass is 32.2. The highest BCUT2D eigenvalue weighted by Gasteiger charge is 2.23. The van der Waals surface area contributed by atoms with E-state index in [0.29, 0.717) is 37.6 Å². The summed E-state index contributed by atoms with van der Waals surface area (Å²) in [4.78, 5) is 47.6. The highest BCUT2D eigenvalue weighted by Crippen LogP contribution is 2.18. The van der Waals surface area contributed by atoms with Gasteiger partial charge in [-0.1, -0.05) is 36.6 Å². The molecule has 1 saturated heterocycles. The number of carbonyl (C=O) groups is 3. The number of carbonyl (C=O) groups excluding carboxylic acids is 3. The molecule has 0 aliphatic carbocycles. The third-order valence-corrected chi connectivity index (χ3v) is 5.93. The molecule has 0 atom stereocenters. The summed E-state index contributed by atoms with van der Waals surface area (Å²) in [6.07, 6.45) is 6.93. The lowest BCUT2D eigenvalue weighted by Gasteiger charge is -2.31. The number of amidine groups is 1. The monoisotopic (exact) mass is 468 g/mol. The number of rotatable bonds is 5. The van der Waals surface area contributed by atoms with Gasteiger partial charge in [0.15, 0.2) is 5.17 Å². The summed E-state index contributed by atoms with van der Waals surface area (Å²) >= 11 is 1.27. The van der Waals surface area contributed by atoms with Gasteiger partial charge in [0, 0.05) is 37.5 Å². The number of aliphatic imine (C=N–C) groups is 1. The minimum atomic E-state index is -0.386. The smallest absolute Gasteiger partial charge is 0.270 e. The number of pyridine rings is 1. The molecule has 9 nitrogen and oxygen atoms in total. The first-order valence-electron chi connectivity index (χ1n) is 10.7. The predicted molar refractivity (Wildman–Crippen MR) is 130 cm³/mol. The normalized spacial score (nSPS) is 19.8. The van der Waals surface area contributed by atoms with Crippen LogP contribution in [0.1, 0.15) is 40.7 Å². The number of hydrogen-bond acceptors (Lipinski definition) is 7. The number of aromatic nitrogens is 1. The van der Waals surface area contributed by atoms with Crippen LogP contribution in [0, 0.1) is 0 Å². The highest BCUT2D eigenvalue weighted by molar-refractivity contribution is 8.17. The van der Waals surface area contributed by atoms with Crippen molar-refractivity contribution in [1.29, 1.82) is 0 Å². The molecule has 0 aromatic carbocycles. The number of nitrogens with two attached hydrogens (primary N) is 1. The van der Waals surface area contributed by atoms with Crippen molar-refractivity contribution in [2.24, 2.45) is 10.7 Å². The third-order valence-electron chi connectivity index (χ3n) is 5.21. The van der Waals surface area contributed by atoms with Gasteiger partial charge in [-0.05, 0) is 36.6 Å². The van der Waals surface area contributed by atoms with Crippen LogP contribution >= 0.6 is 11.8 Å². The van der Waals surface area contributed by atoms with Gasteiger partial charge in [-0.15, -0.1) is 0 Å². The summed E-state index contributed by atoms with van der Waals surface area (Å²) in [5.74, 6) is -0.678. The fraction of sp³-hybridized carbons (Fsp3) is 0.348. The van der Waals surface area contributed by atoms with Gasteiger partial charge < -0.3 is 21.3 Å². The topological polar surface area (TPSA) is 130 Å². The molecule has 174 valence electrons. The Bertz CT molecular complexity index is 1020. The number of amides is 3. The largest absolute Gasteiger partial charge is 0.378 e. The van der Waals surface area contributed by atoms with Gasteiger partial charge in [0.1, 0.15) is 11.4 Å². The second-order valence-corrected chi connectivity index (χ2v) is 8.86. The average Bonchev–Trinajstić information content (AvgIpc) is 2.87. The molecule has 0 saturated carbocycles. The van der Waals surface area contributed by atoms with Gasteiger partial charge in [-0.25, -0.2) is 4.98 Å².